The Morgan fingerprint density at radius 3 is 2.21 bits per heavy atom. The molecule has 0 bridgehead atoms. The number of aryl methyl sites for hydroxylation is 2. The number of carbonyl (C=O) groups excluding carboxylic acids is 2. The van der Waals surface area contributed by atoms with Gasteiger partial charge in [-0.2, -0.15) is 4.31 Å². The van der Waals surface area contributed by atoms with Gasteiger partial charge in [0.2, 0.25) is 10.0 Å². The van der Waals surface area contributed by atoms with Crippen LogP contribution in [0, 0.1) is 13.8 Å². The smallest absolute Gasteiger partial charge is 0.260 e. The zero-order valence-electron chi connectivity index (χ0n) is 18.7. The van der Waals surface area contributed by atoms with Crippen molar-refractivity contribution >= 4 is 33.0 Å². The first-order valence-corrected chi connectivity index (χ1v) is 12.2. The third-order valence-corrected chi connectivity index (χ3v) is 7.80. The fourth-order valence-corrected chi connectivity index (χ4v) is 5.62. The molecule has 0 aliphatic carbocycles. The lowest BCUT2D eigenvalue weighted by molar-refractivity contribution is -0.134. The quantitative estimate of drug-likeness (QED) is 0.521. The Morgan fingerprint density at radius 2 is 1.58 bits per heavy atom. The number of hydrogen-bond acceptors (Lipinski definition) is 5. The van der Waals surface area contributed by atoms with Crippen LogP contribution in [0.5, 0.6) is 5.75 Å². The number of nitrogens with zero attached hydrogens (tertiary/aromatic N) is 2. The lowest BCUT2D eigenvalue weighted by atomic mass is 10.1. The normalized spacial score (nSPS) is 14.9. The predicted molar refractivity (Wildman–Crippen MR) is 126 cm³/mol. The van der Waals surface area contributed by atoms with Crippen LogP contribution < -0.4 is 4.74 Å². The third-order valence-electron chi connectivity index (χ3n) is 5.91. The molecule has 3 aromatic carbocycles. The van der Waals surface area contributed by atoms with Gasteiger partial charge < -0.3 is 9.64 Å². The van der Waals surface area contributed by atoms with Gasteiger partial charge in [-0.1, -0.05) is 30.3 Å². The molecule has 0 radical (unpaired) electrons. The minimum atomic E-state index is -3.64. The minimum absolute atomic E-state index is 0.139. The molecular weight excluding hydrogens is 440 g/mol. The van der Waals surface area contributed by atoms with Crippen LogP contribution in [-0.4, -0.2) is 62.6 Å². The summed E-state index contributed by atoms with van der Waals surface area (Å²) < 4.78 is 33.4. The molecule has 0 N–H and O–H groups in total. The van der Waals surface area contributed by atoms with Crippen molar-refractivity contribution in [3.05, 3.63) is 71.3 Å². The Bertz CT molecular complexity index is 1290. The van der Waals surface area contributed by atoms with Crippen LogP contribution >= 0.6 is 0 Å². The second-order valence-electron chi connectivity index (χ2n) is 8.18. The molecule has 0 saturated carbocycles. The number of piperazine rings is 1. The summed E-state index contributed by atoms with van der Waals surface area (Å²) >= 11 is 0. The van der Waals surface area contributed by atoms with E-state index in [1.165, 1.54) is 4.31 Å². The molecule has 7 nitrogen and oxygen atoms in total. The van der Waals surface area contributed by atoms with E-state index in [2.05, 4.69) is 0 Å². The maximum Gasteiger partial charge on any atom is 0.260 e. The Hall–Kier alpha value is -3.23. The van der Waals surface area contributed by atoms with E-state index < -0.39 is 10.0 Å². The molecule has 1 saturated heterocycles. The van der Waals surface area contributed by atoms with Gasteiger partial charge in [0.05, 0.1) is 4.90 Å². The molecular formula is C25H26N2O5S. The van der Waals surface area contributed by atoms with Gasteiger partial charge in [0, 0.05) is 31.7 Å². The summed E-state index contributed by atoms with van der Waals surface area (Å²) in [5.74, 6) is 0.391. The number of aldehydes is 1. The molecule has 1 aliphatic heterocycles. The Labute approximate surface area is 193 Å². The summed E-state index contributed by atoms with van der Waals surface area (Å²) in [6, 6.07) is 16.2. The number of amides is 1. The molecule has 0 unspecified atom stereocenters. The number of hydrogen-bond donors (Lipinski definition) is 0. The van der Waals surface area contributed by atoms with Crippen LogP contribution in [0.4, 0.5) is 0 Å². The molecule has 1 fully saturated rings. The van der Waals surface area contributed by atoms with E-state index in [0.717, 1.165) is 28.2 Å². The number of benzene rings is 3. The maximum atomic E-state index is 13.1. The lowest BCUT2D eigenvalue weighted by Crippen LogP contribution is -2.51. The highest BCUT2D eigenvalue weighted by atomic mass is 32.2. The van der Waals surface area contributed by atoms with Crippen molar-refractivity contribution < 1.29 is 22.7 Å². The number of rotatable bonds is 6. The van der Waals surface area contributed by atoms with Gasteiger partial charge in [0.15, 0.2) is 6.61 Å². The van der Waals surface area contributed by atoms with Crippen molar-refractivity contribution in [2.75, 3.05) is 32.8 Å². The average Bonchev–Trinajstić information content (AvgIpc) is 2.83. The largest absolute Gasteiger partial charge is 0.483 e. The van der Waals surface area contributed by atoms with E-state index in [-0.39, 0.29) is 30.5 Å². The van der Waals surface area contributed by atoms with Crippen LogP contribution in [0.3, 0.4) is 0 Å². The van der Waals surface area contributed by atoms with Crippen LogP contribution in [-0.2, 0) is 14.8 Å². The highest BCUT2D eigenvalue weighted by Crippen LogP contribution is 2.25. The fraction of sp³-hybridized carbons (Fsp3) is 0.280. The van der Waals surface area contributed by atoms with E-state index in [0.29, 0.717) is 24.4 Å². The topological polar surface area (TPSA) is 84.0 Å². The molecule has 3 aromatic rings. The number of ether oxygens (including phenoxy) is 1. The summed E-state index contributed by atoms with van der Waals surface area (Å²) in [5, 5.41) is 1.86. The second kappa shape index (κ2) is 9.33. The first-order valence-electron chi connectivity index (χ1n) is 10.8. The fourth-order valence-electron chi connectivity index (χ4n) is 4.16. The summed E-state index contributed by atoms with van der Waals surface area (Å²) in [4.78, 5) is 25.5. The van der Waals surface area contributed by atoms with Gasteiger partial charge >= 0.3 is 0 Å². The molecule has 0 aromatic heterocycles. The molecule has 1 aliphatic rings. The molecule has 0 atom stereocenters. The standard InChI is InChI=1S/C25H26N2O5S/c1-18-13-20(16-28)14-19(2)25(18)32-17-24(29)26-9-11-27(12-10-26)33(30,31)23-8-7-21-5-3-4-6-22(21)15-23/h3-8,13-16H,9-12,17H2,1-2H3. The van der Waals surface area contributed by atoms with Crippen molar-refractivity contribution in [1.29, 1.82) is 0 Å². The summed E-state index contributed by atoms with van der Waals surface area (Å²) in [7, 11) is -3.64. The van der Waals surface area contributed by atoms with Crippen molar-refractivity contribution in [3.63, 3.8) is 0 Å². The molecule has 4 rings (SSSR count). The highest BCUT2D eigenvalue weighted by Gasteiger charge is 2.30. The van der Waals surface area contributed by atoms with Crippen LogP contribution in [0.25, 0.3) is 10.8 Å². The Kier molecular flexibility index (Phi) is 6.49. The monoisotopic (exact) mass is 466 g/mol. The van der Waals surface area contributed by atoms with Crippen LogP contribution in [0.2, 0.25) is 0 Å². The summed E-state index contributed by atoms with van der Waals surface area (Å²) in [6.07, 6.45) is 0.778. The third kappa shape index (κ3) is 4.77. The maximum absolute atomic E-state index is 13.1. The summed E-state index contributed by atoms with van der Waals surface area (Å²) in [5.41, 5.74) is 2.14. The highest BCUT2D eigenvalue weighted by molar-refractivity contribution is 7.89. The van der Waals surface area contributed by atoms with Gasteiger partial charge in [-0.25, -0.2) is 8.42 Å². The van der Waals surface area contributed by atoms with Crippen molar-refractivity contribution in [2.24, 2.45) is 0 Å². The summed E-state index contributed by atoms with van der Waals surface area (Å²) in [6.45, 7) is 4.58. The SMILES string of the molecule is Cc1cc(C=O)cc(C)c1OCC(=O)N1CCN(S(=O)(=O)c2ccc3ccccc3c2)CC1. The Morgan fingerprint density at radius 1 is 0.939 bits per heavy atom. The van der Waals surface area contributed by atoms with Gasteiger partial charge in [0.1, 0.15) is 12.0 Å². The number of sulfonamides is 1. The van der Waals surface area contributed by atoms with E-state index in [1.807, 2.05) is 44.2 Å². The second-order valence-corrected chi connectivity index (χ2v) is 10.1. The van der Waals surface area contributed by atoms with Gasteiger partial charge in [-0.3, -0.25) is 9.59 Å². The average molecular weight is 467 g/mol. The van der Waals surface area contributed by atoms with E-state index in [1.54, 1.807) is 29.2 Å². The minimum Gasteiger partial charge on any atom is -0.483 e. The first-order chi connectivity index (χ1) is 15.8. The van der Waals surface area contributed by atoms with Crippen molar-refractivity contribution in [3.8, 4) is 5.75 Å². The van der Waals surface area contributed by atoms with Crippen LogP contribution in [0.15, 0.2) is 59.5 Å². The van der Waals surface area contributed by atoms with Gasteiger partial charge in [-0.05, 0) is 60.0 Å². The molecule has 1 heterocycles. The van der Waals surface area contributed by atoms with E-state index >= 15 is 0 Å². The van der Waals surface area contributed by atoms with Crippen LogP contribution in [0.1, 0.15) is 21.5 Å². The van der Waals surface area contributed by atoms with E-state index in [4.69, 9.17) is 4.74 Å². The van der Waals surface area contributed by atoms with E-state index in [9.17, 15) is 18.0 Å². The lowest BCUT2D eigenvalue weighted by Gasteiger charge is -2.34. The molecule has 0 spiro atoms. The zero-order chi connectivity index (χ0) is 23.6. The molecule has 172 valence electrons. The first kappa shape index (κ1) is 22.9. The zero-order valence-corrected chi connectivity index (χ0v) is 19.5. The van der Waals surface area contributed by atoms with Crippen molar-refractivity contribution in [1.82, 2.24) is 9.21 Å². The van der Waals surface area contributed by atoms with Gasteiger partial charge in [-0.15, -0.1) is 0 Å². The number of fused-ring (bicyclic) bond motifs is 1. The molecule has 8 heteroatoms. The Balaban J connectivity index is 1.38. The van der Waals surface area contributed by atoms with Crippen molar-refractivity contribution in [2.45, 2.75) is 18.7 Å². The van der Waals surface area contributed by atoms with Gasteiger partial charge in [0.25, 0.3) is 5.91 Å². The number of carbonyl (C=O) groups is 2. The predicted octanol–water partition coefficient (Wildman–Crippen LogP) is 3.18. The molecule has 33 heavy (non-hydrogen) atoms. The molecule has 1 amide bonds.